The number of nitrogens with zero attached hydrogens (tertiary/aromatic N) is 1. The Morgan fingerprint density at radius 1 is 1.44 bits per heavy atom. The zero-order valence-corrected chi connectivity index (χ0v) is 10.8. The fraction of sp³-hybridized carbons (Fsp3) is 0.538. The summed E-state index contributed by atoms with van der Waals surface area (Å²) in [4.78, 5) is 2.40. The van der Waals surface area contributed by atoms with Gasteiger partial charge in [-0.3, -0.25) is 4.90 Å². The van der Waals surface area contributed by atoms with Crippen LogP contribution in [0, 0.1) is 6.92 Å². The quantitative estimate of drug-likeness (QED) is 0.852. The fourth-order valence-electron chi connectivity index (χ4n) is 2.25. The maximum absolute atomic E-state index is 6.41. The standard InChI is InChI=1S/C13H20N2S/c1-10-5-3-4-6-11(10)13(14)12-9-16-8-7-15(12)2/h3-6,12-13H,7-9,14H2,1-2H3. The maximum Gasteiger partial charge on any atom is 0.0463 e. The van der Waals surface area contributed by atoms with Gasteiger partial charge in [-0.05, 0) is 25.1 Å². The van der Waals surface area contributed by atoms with Gasteiger partial charge in [-0.25, -0.2) is 0 Å². The highest BCUT2D eigenvalue weighted by Crippen LogP contribution is 2.26. The van der Waals surface area contributed by atoms with Crippen LogP contribution in [0.1, 0.15) is 17.2 Å². The molecule has 2 nitrogen and oxygen atoms in total. The molecule has 3 heteroatoms. The van der Waals surface area contributed by atoms with E-state index >= 15 is 0 Å². The number of thioether (sulfide) groups is 1. The first-order valence-corrected chi connectivity index (χ1v) is 6.94. The lowest BCUT2D eigenvalue weighted by Gasteiger charge is -2.36. The molecule has 2 N–H and O–H groups in total. The second-order valence-electron chi connectivity index (χ2n) is 4.51. The van der Waals surface area contributed by atoms with Crippen LogP contribution in [0.2, 0.25) is 0 Å². The van der Waals surface area contributed by atoms with Gasteiger partial charge in [-0.2, -0.15) is 11.8 Å². The molecule has 1 aromatic carbocycles. The monoisotopic (exact) mass is 236 g/mol. The summed E-state index contributed by atoms with van der Waals surface area (Å²) in [5, 5.41) is 0. The van der Waals surface area contributed by atoms with Crippen LogP contribution in [0.3, 0.4) is 0 Å². The Morgan fingerprint density at radius 2 is 2.19 bits per heavy atom. The summed E-state index contributed by atoms with van der Waals surface area (Å²) in [6.45, 7) is 3.29. The van der Waals surface area contributed by atoms with Crippen molar-refractivity contribution in [1.82, 2.24) is 4.90 Å². The van der Waals surface area contributed by atoms with Crippen LogP contribution in [0.25, 0.3) is 0 Å². The molecule has 1 aromatic rings. The Hall–Kier alpha value is -0.510. The summed E-state index contributed by atoms with van der Waals surface area (Å²) in [5.74, 6) is 2.37. The summed E-state index contributed by atoms with van der Waals surface area (Å²) >= 11 is 2.01. The van der Waals surface area contributed by atoms with Gasteiger partial charge in [0, 0.05) is 30.1 Å². The molecule has 1 heterocycles. The van der Waals surface area contributed by atoms with Gasteiger partial charge in [0.25, 0.3) is 0 Å². The van der Waals surface area contributed by atoms with Crippen LogP contribution >= 0.6 is 11.8 Å². The lowest BCUT2D eigenvalue weighted by atomic mass is 9.96. The predicted octanol–water partition coefficient (Wildman–Crippen LogP) is 2.04. The van der Waals surface area contributed by atoms with Crippen LogP contribution in [-0.4, -0.2) is 36.0 Å². The van der Waals surface area contributed by atoms with Crippen molar-refractivity contribution in [3.63, 3.8) is 0 Å². The molecule has 0 saturated carbocycles. The van der Waals surface area contributed by atoms with Gasteiger partial charge in [-0.15, -0.1) is 0 Å². The summed E-state index contributed by atoms with van der Waals surface area (Å²) in [7, 11) is 2.18. The van der Waals surface area contributed by atoms with Crippen molar-refractivity contribution in [2.45, 2.75) is 19.0 Å². The zero-order valence-electron chi connectivity index (χ0n) is 10.0. The highest BCUT2D eigenvalue weighted by molar-refractivity contribution is 7.99. The van der Waals surface area contributed by atoms with E-state index in [4.69, 9.17) is 5.73 Å². The smallest absolute Gasteiger partial charge is 0.0463 e. The Bertz CT molecular complexity index is 354. The molecule has 16 heavy (non-hydrogen) atoms. The average molecular weight is 236 g/mol. The minimum absolute atomic E-state index is 0.138. The average Bonchev–Trinajstić information content (AvgIpc) is 2.29. The van der Waals surface area contributed by atoms with E-state index in [-0.39, 0.29) is 6.04 Å². The normalized spacial score (nSPS) is 24.3. The highest BCUT2D eigenvalue weighted by Gasteiger charge is 2.26. The molecule has 1 aliphatic heterocycles. The summed E-state index contributed by atoms with van der Waals surface area (Å²) in [6.07, 6.45) is 0. The van der Waals surface area contributed by atoms with Crippen molar-refractivity contribution >= 4 is 11.8 Å². The van der Waals surface area contributed by atoms with E-state index in [9.17, 15) is 0 Å². The van der Waals surface area contributed by atoms with Crippen LogP contribution in [0.5, 0.6) is 0 Å². The number of aryl methyl sites for hydroxylation is 1. The third-order valence-electron chi connectivity index (χ3n) is 3.41. The van der Waals surface area contributed by atoms with E-state index in [0.717, 1.165) is 12.3 Å². The lowest BCUT2D eigenvalue weighted by molar-refractivity contribution is 0.237. The van der Waals surface area contributed by atoms with E-state index in [2.05, 4.69) is 43.1 Å². The zero-order chi connectivity index (χ0) is 11.5. The first kappa shape index (κ1) is 12.0. The van der Waals surface area contributed by atoms with Gasteiger partial charge in [0.1, 0.15) is 0 Å². The second-order valence-corrected chi connectivity index (χ2v) is 5.66. The summed E-state index contributed by atoms with van der Waals surface area (Å²) < 4.78 is 0. The van der Waals surface area contributed by atoms with Crippen LogP contribution in [0.15, 0.2) is 24.3 Å². The highest BCUT2D eigenvalue weighted by atomic mass is 32.2. The minimum atomic E-state index is 0.138. The Balaban J connectivity index is 2.17. The molecule has 2 atom stereocenters. The number of benzene rings is 1. The fourth-order valence-corrected chi connectivity index (χ4v) is 3.54. The number of nitrogens with two attached hydrogens (primary N) is 1. The van der Waals surface area contributed by atoms with Gasteiger partial charge < -0.3 is 5.73 Å². The first-order chi connectivity index (χ1) is 7.70. The number of hydrogen-bond acceptors (Lipinski definition) is 3. The molecule has 2 unspecified atom stereocenters. The van der Waals surface area contributed by atoms with Gasteiger partial charge in [-0.1, -0.05) is 24.3 Å². The van der Waals surface area contributed by atoms with Crippen molar-refractivity contribution in [2.24, 2.45) is 5.73 Å². The van der Waals surface area contributed by atoms with Crippen molar-refractivity contribution in [3.05, 3.63) is 35.4 Å². The third-order valence-corrected chi connectivity index (χ3v) is 4.45. The van der Waals surface area contributed by atoms with Gasteiger partial charge in [0.15, 0.2) is 0 Å². The van der Waals surface area contributed by atoms with Crippen molar-refractivity contribution in [3.8, 4) is 0 Å². The van der Waals surface area contributed by atoms with Gasteiger partial charge >= 0.3 is 0 Å². The largest absolute Gasteiger partial charge is 0.323 e. The molecule has 1 fully saturated rings. The minimum Gasteiger partial charge on any atom is -0.323 e. The molecule has 1 aliphatic rings. The molecule has 0 spiro atoms. The molecule has 0 aromatic heterocycles. The lowest BCUT2D eigenvalue weighted by Crippen LogP contribution is -2.46. The topological polar surface area (TPSA) is 29.3 Å². The van der Waals surface area contributed by atoms with E-state index in [0.29, 0.717) is 6.04 Å². The van der Waals surface area contributed by atoms with Gasteiger partial charge in [0.2, 0.25) is 0 Å². The van der Waals surface area contributed by atoms with E-state index < -0.39 is 0 Å². The van der Waals surface area contributed by atoms with Crippen molar-refractivity contribution in [2.75, 3.05) is 25.1 Å². The number of rotatable bonds is 2. The molecule has 0 aliphatic carbocycles. The molecular formula is C13H20N2S. The summed E-state index contributed by atoms with van der Waals surface area (Å²) in [5.41, 5.74) is 9.00. The first-order valence-electron chi connectivity index (χ1n) is 5.79. The van der Waals surface area contributed by atoms with E-state index in [1.807, 2.05) is 11.8 Å². The molecule has 0 amide bonds. The SMILES string of the molecule is Cc1ccccc1C(N)C1CSCCN1C. The predicted molar refractivity (Wildman–Crippen MR) is 71.9 cm³/mol. The molecular weight excluding hydrogens is 216 g/mol. The van der Waals surface area contributed by atoms with Crippen LogP contribution in [0.4, 0.5) is 0 Å². The maximum atomic E-state index is 6.41. The molecule has 88 valence electrons. The van der Waals surface area contributed by atoms with Crippen molar-refractivity contribution in [1.29, 1.82) is 0 Å². The summed E-state index contributed by atoms with van der Waals surface area (Å²) in [6, 6.07) is 9.07. The van der Waals surface area contributed by atoms with Crippen LogP contribution < -0.4 is 5.73 Å². The number of hydrogen-bond donors (Lipinski definition) is 1. The Kier molecular flexibility index (Phi) is 3.90. The van der Waals surface area contributed by atoms with Crippen LogP contribution in [-0.2, 0) is 0 Å². The van der Waals surface area contributed by atoms with E-state index in [1.165, 1.54) is 16.9 Å². The molecule has 0 bridgehead atoms. The second kappa shape index (κ2) is 5.21. The number of likely N-dealkylation sites (N-methyl/N-ethyl adjacent to an activating group) is 1. The Morgan fingerprint density at radius 3 is 2.88 bits per heavy atom. The van der Waals surface area contributed by atoms with E-state index in [1.54, 1.807) is 0 Å². The Labute approximate surface area is 102 Å². The van der Waals surface area contributed by atoms with Gasteiger partial charge in [0.05, 0.1) is 0 Å². The molecule has 1 saturated heterocycles. The van der Waals surface area contributed by atoms with Crippen molar-refractivity contribution < 1.29 is 0 Å². The molecule has 2 rings (SSSR count). The third kappa shape index (κ3) is 2.42. The molecule has 0 radical (unpaired) electrons.